The van der Waals surface area contributed by atoms with E-state index in [9.17, 15) is 14.0 Å². The summed E-state index contributed by atoms with van der Waals surface area (Å²) in [6.45, 7) is 3.48. The molecule has 1 atom stereocenters. The van der Waals surface area contributed by atoms with Gasteiger partial charge in [0.2, 0.25) is 0 Å². The number of methoxy groups -OCH3 is 1. The fourth-order valence-corrected chi connectivity index (χ4v) is 2.01. The number of nitrogens with one attached hydrogen (secondary N) is 1. The van der Waals surface area contributed by atoms with Gasteiger partial charge in [-0.2, -0.15) is 0 Å². The molecule has 0 fully saturated rings. The smallest absolute Gasteiger partial charge is 0.328 e. The highest BCUT2D eigenvalue weighted by molar-refractivity contribution is 6.36. The van der Waals surface area contributed by atoms with Gasteiger partial charge in [0.15, 0.2) is 0 Å². The quantitative estimate of drug-likeness (QED) is 0.685. The molecule has 0 radical (unpaired) electrons. The number of amides is 1. The largest absolute Gasteiger partial charge is 0.467 e. The van der Waals surface area contributed by atoms with E-state index in [1.54, 1.807) is 13.8 Å². The number of carbonyl (C=O) groups excluding carboxylic acids is 2. The van der Waals surface area contributed by atoms with E-state index in [1.165, 1.54) is 7.11 Å². The van der Waals surface area contributed by atoms with E-state index in [0.29, 0.717) is 0 Å². The van der Waals surface area contributed by atoms with Crippen LogP contribution in [0.1, 0.15) is 24.2 Å². The molecule has 0 heterocycles. The second-order valence-corrected chi connectivity index (χ2v) is 5.28. The lowest BCUT2D eigenvalue weighted by atomic mass is 10.0. The summed E-state index contributed by atoms with van der Waals surface area (Å²) in [5, 5.41) is 2.28. The molecule has 4 nitrogen and oxygen atoms in total. The van der Waals surface area contributed by atoms with Crippen LogP contribution in [0.25, 0.3) is 0 Å². The van der Waals surface area contributed by atoms with E-state index in [4.69, 9.17) is 23.2 Å². The first-order valence-electron chi connectivity index (χ1n) is 5.81. The first kappa shape index (κ1) is 16.7. The number of benzene rings is 1. The molecule has 20 heavy (non-hydrogen) atoms. The molecule has 0 unspecified atom stereocenters. The van der Waals surface area contributed by atoms with Crippen molar-refractivity contribution in [3.05, 3.63) is 33.6 Å². The summed E-state index contributed by atoms with van der Waals surface area (Å²) in [5.41, 5.74) is -0.0943. The minimum Gasteiger partial charge on any atom is -0.467 e. The highest BCUT2D eigenvalue weighted by atomic mass is 35.5. The van der Waals surface area contributed by atoms with E-state index < -0.39 is 23.7 Å². The summed E-state index contributed by atoms with van der Waals surface area (Å²) < 4.78 is 18.0. The third kappa shape index (κ3) is 3.84. The summed E-state index contributed by atoms with van der Waals surface area (Å²) in [5.74, 6) is -2.21. The van der Waals surface area contributed by atoms with Crippen molar-refractivity contribution in [2.45, 2.75) is 19.9 Å². The minimum atomic E-state index is -0.845. The number of esters is 1. The predicted molar refractivity (Wildman–Crippen MR) is 74.5 cm³/mol. The average Bonchev–Trinajstić information content (AvgIpc) is 2.38. The summed E-state index contributed by atoms with van der Waals surface area (Å²) in [7, 11) is 1.22. The molecule has 0 aliphatic carbocycles. The van der Waals surface area contributed by atoms with Crippen LogP contribution < -0.4 is 5.32 Å². The van der Waals surface area contributed by atoms with E-state index in [2.05, 4.69) is 10.1 Å². The minimum absolute atomic E-state index is 0.00118. The van der Waals surface area contributed by atoms with Crippen LogP contribution in [0.5, 0.6) is 0 Å². The Morgan fingerprint density at radius 1 is 1.25 bits per heavy atom. The van der Waals surface area contributed by atoms with E-state index in [-0.39, 0.29) is 21.5 Å². The number of halogens is 3. The van der Waals surface area contributed by atoms with Crippen LogP contribution in [-0.2, 0) is 9.53 Å². The molecule has 7 heteroatoms. The van der Waals surface area contributed by atoms with Gasteiger partial charge in [-0.25, -0.2) is 9.18 Å². The van der Waals surface area contributed by atoms with Crippen LogP contribution in [0.3, 0.4) is 0 Å². The second-order valence-electron chi connectivity index (χ2n) is 4.46. The molecular weight excluding hydrogens is 308 g/mol. The predicted octanol–water partition coefficient (Wildman–Crippen LogP) is 3.06. The van der Waals surface area contributed by atoms with E-state index in [1.807, 2.05) is 0 Å². The molecule has 1 aromatic rings. The van der Waals surface area contributed by atoms with Crippen molar-refractivity contribution >= 4 is 35.1 Å². The Balaban J connectivity index is 3.01. The molecule has 1 N–H and O–H groups in total. The molecule has 110 valence electrons. The van der Waals surface area contributed by atoms with Crippen LogP contribution in [0, 0.1) is 11.7 Å². The van der Waals surface area contributed by atoms with Crippen molar-refractivity contribution < 1.29 is 18.7 Å². The zero-order valence-electron chi connectivity index (χ0n) is 11.2. The zero-order chi connectivity index (χ0) is 15.4. The van der Waals surface area contributed by atoms with Gasteiger partial charge in [-0.3, -0.25) is 4.79 Å². The van der Waals surface area contributed by atoms with Crippen LogP contribution in [0.15, 0.2) is 12.1 Å². The van der Waals surface area contributed by atoms with Crippen molar-refractivity contribution in [1.82, 2.24) is 5.32 Å². The zero-order valence-corrected chi connectivity index (χ0v) is 12.7. The van der Waals surface area contributed by atoms with Crippen LogP contribution >= 0.6 is 23.2 Å². The summed E-state index contributed by atoms with van der Waals surface area (Å²) in [6.07, 6.45) is 0. The first-order valence-corrected chi connectivity index (χ1v) is 6.56. The summed E-state index contributed by atoms with van der Waals surface area (Å²) >= 11 is 11.4. The van der Waals surface area contributed by atoms with Gasteiger partial charge in [-0.1, -0.05) is 37.0 Å². The van der Waals surface area contributed by atoms with Crippen molar-refractivity contribution in [3.63, 3.8) is 0 Å². The first-order chi connectivity index (χ1) is 9.27. The number of ether oxygens (including phenoxy) is 1. The van der Waals surface area contributed by atoms with Crippen molar-refractivity contribution in [2.24, 2.45) is 5.92 Å². The molecule has 0 saturated carbocycles. The normalized spacial score (nSPS) is 12.2. The van der Waals surface area contributed by atoms with E-state index in [0.717, 1.165) is 12.1 Å². The van der Waals surface area contributed by atoms with Gasteiger partial charge in [0, 0.05) is 0 Å². The lowest BCUT2D eigenvalue weighted by Gasteiger charge is -2.20. The standard InChI is InChI=1S/C13H14Cl2FNO3/c1-6(2)11(13(19)20-3)17-12(18)7-4-10(16)9(15)5-8(7)14/h4-6,11H,1-3H3,(H,17,18)/t11-/m0/s1. The fourth-order valence-electron chi connectivity index (χ4n) is 1.54. The molecular formula is C13H14Cl2FNO3. The monoisotopic (exact) mass is 321 g/mol. The summed E-state index contributed by atoms with van der Waals surface area (Å²) in [6, 6.07) is 1.21. The Bertz CT molecular complexity index is 535. The molecule has 0 spiro atoms. The van der Waals surface area contributed by atoms with Gasteiger partial charge in [0.1, 0.15) is 11.9 Å². The molecule has 0 aliphatic rings. The third-order valence-electron chi connectivity index (χ3n) is 2.66. The van der Waals surface area contributed by atoms with E-state index >= 15 is 0 Å². The Morgan fingerprint density at radius 3 is 2.35 bits per heavy atom. The highest BCUT2D eigenvalue weighted by Crippen LogP contribution is 2.24. The van der Waals surface area contributed by atoms with Gasteiger partial charge < -0.3 is 10.1 Å². The Morgan fingerprint density at radius 2 is 1.85 bits per heavy atom. The topological polar surface area (TPSA) is 55.4 Å². The molecule has 1 aromatic carbocycles. The molecule has 0 aliphatic heterocycles. The molecule has 0 saturated heterocycles. The van der Waals surface area contributed by atoms with Crippen molar-refractivity contribution in [1.29, 1.82) is 0 Å². The molecule has 1 amide bonds. The maximum Gasteiger partial charge on any atom is 0.328 e. The molecule has 0 aromatic heterocycles. The SMILES string of the molecule is COC(=O)[C@@H](NC(=O)c1cc(F)c(Cl)cc1Cl)C(C)C. The summed E-state index contributed by atoms with van der Waals surface area (Å²) in [4.78, 5) is 23.6. The third-order valence-corrected chi connectivity index (χ3v) is 3.27. The molecule has 1 rings (SSSR count). The Kier molecular flexibility index (Phi) is 5.77. The van der Waals surface area contributed by atoms with Crippen LogP contribution in [0.4, 0.5) is 4.39 Å². The van der Waals surface area contributed by atoms with Crippen LogP contribution in [-0.4, -0.2) is 25.0 Å². The maximum atomic E-state index is 13.4. The van der Waals surface area contributed by atoms with Gasteiger partial charge in [-0.05, 0) is 18.1 Å². The lowest BCUT2D eigenvalue weighted by molar-refractivity contribution is -0.144. The van der Waals surface area contributed by atoms with Gasteiger partial charge in [0.05, 0.1) is 22.7 Å². The number of rotatable bonds is 4. The van der Waals surface area contributed by atoms with Gasteiger partial charge in [0.25, 0.3) is 5.91 Å². The van der Waals surface area contributed by atoms with Crippen molar-refractivity contribution in [2.75, 3.05) is 7.11 Å². The Labute approximate surface area is 126 Å². The van der Waals surface area contributed by atoms with Crippen LogP contribution in [0.2, 0.25) is 10.0 Å². The van der Waals surface area contributed by atoms with Gasteiger partial charge in [-0.15, -0.1) is 0 Å². The highest BCUT2D eigenvalue weighted by Gasteiger charge is 2.26. The average molecular weight is 322 g/mol. The Hall–Kier alpha value is -1.33. The number of hydrogen-bond acceptors (Lipinski definition) is 3. The lowest BCUT2D eigenvalue weighted by Crippen LogP contribution is -2.45. The molecule has 0 bridgehead atoms. The van der Waals surface area contributed by atoms with Crippen molar-refractivity contribution in [3.8, 4) is 0 Å². The fraction of sp³-hybridized carbons (Fsp3) is 0.385. The number of hydrogen-bond donors (Lipinski definition) is 1. The van der Waals surface area contributed by atoms with Gasteiger partial charge >= 0.3 is 5.97 Å². The second kappa shape index (κ2) is 6.90. The maximum absolute atomic E-state index is 13.4. The number of carbonyl (C=O) groups is 2.